The van der Waals surface area contributed by atoms with E-state index in [4.69, 9.17) is 0 Å². The average Bonchev–Trinajstić information content (AvgIpc) is 3.47. The van der Waals surface area contributed by atoms with Crippen LogP contribution >= 0.6 is 11.5 Å². The smallest absolute Gasteiger partial charge is 0.504 e. The van der Waals surface area contributed by atoms with Crippen molar-refractivity contribution in [3.05, 3.63) is 110 Å². The van der Waals surface area contributed by atoms with Crippen LogP contribution in [0.15, 0.2) is 85.1 Å². The number of fused-ring (bicyclic) bond motifs is 2. The fraction of sp³-hybridized carbons (Fsp3) is 0.138. The van der Waals surface area contributed by atoms with Crippen LogP contribution in [0.25, 0.3) is 21.3 Å². The number of para-hydroxylation sites is 2. The fourth-order valence-electron chi connectivity index (χ4n) is 3.96. The quantitative estimate of drug-likeness (QED) is 0.189. The van der Waals surface area contributed by atoms with Gasteiger partial charge in [-0.05, 0) is 54.3 Å². The Bertz CT molecular complexity index is 1400. The fourth-order valence-corrected chi connectivity index (χ4v) is 4.75. The zero-order valence-corrected chi connectivity index (χ0v) is 23.0. The maximum absolute atomic E-state index is 4.44. The van der Waals surface area contributed by atoms with Crippen molar-refractivity contribution in [1.82, 2.24) is 9.36 Å². The summed E-state index contributed by atoms with van der Waals surface area (Å²) in [6, 6.07) is 30.2. The number of benzene rings is 3. The predicted molar refractivity (Wildman–Crippen MR) is 142 cm³/mol. The maximum atomic E-state index is 4.44. The minimum atomic E-state index is 0. The normalized spacial score (nSPS) is 12.2. The Morgan fingerprint density at radius 3 is 2.49 bits per heavy atom. The molecule has 5 aromatic rings. The first-order valence-electron chi connectivity index (χ1n) is 11.3. The molecule has 3 aromatic carbocycles. The van der Waals surface area contributed by atoms with E-state index < -0.39 is 0 Å². The third kappa shape index (κ3) is 5.30. The van der Waals surface area contributed by atoms with E-state index in [1.807, 2.05) is 30.3 Å². The number of pyridine rings is 1. The van der Waals surface area contributed by atoms with Gasteiger partial charge in [-0.25, -0.2) is 4.37 Å². The summed E-state index contributed by atoms with van der Waals surface area (Å²) in [7, 11) is 2.07. The van der Waals surface area contributed by atoms with Crippen LogP contribution < -0.4 is 9.80 Å². The molecule has 0 bridgehead atoms. The van der Waals surface area contributed by atoms with Gasteiger partial charge in [0.15, 0.2) is 0 Å². The van der Waals surface area contributed by atoms with Crippen LogP contribution in [0.3, 0.4) is 0 Å². The first-order chi connectivity index (χ1) is 16.6. The zero-order chi connectivity index (χ0) is 23.5. The van der Waals surface area contributed by atoms with Crippen LogP contribution in [-0.4, -0.2) is 16.4 Å². The van der Waals surface area contributed by atoms with Crippen molar-refractivity contribution in [2.75, 3.05) is 16.8 Å². The molecular weight excluding hydrogens is 629 g/mol. The summed E-state index contributed by atoms with van der Waals surface area (Å²) in [5.41, 5.74) is 6.81. The minimum absolute atomic E-state index is 0. The summed E-state index contributed by atoms with van der Waals surface area (Å²) in [5, 5.41) is 1.17. The minimum Gasteiger partial charge on any atom is -0.504 e. The third-order valence-corrected chi connectivity index (χ3v) is 6.61. The first-order valence-corrected chi connectivity index (χ1v) is 12.0. The second-order valence-corrected chi connectivity index (χ2v) is 9.24. The second-order valence-electron chi connectivity index (χ2n) is 8.44. The Hall–Kier alpha value is -3.05. The number of rotatable bonds is 3. The van der Waals surface area contributed by atoms with Gasteiger partial charge >= 0.3 is 20.1 Å². The van der Waals surface area contributed by atoms with E-state index in [2.05, 4.69) is 108 Å². The number of hydrogen-bond donors (Lipinski definition) is 0. The Kier molecular flexibility index (Phi) is 7.96. The number of anilines is 3. The van der Waals surface area contributed by atoms with Gasteiger partial charge < -0.3 is 14.8 Å². The summed E-state index contributed by atoms with van der Waals surface area (Å²) in [4.78, 5) is 8.33. The van der Waals surface area contributed by atoms with Crippen LogP contribution in [0.5, 0.6) is 0 Å². The summed E-state index contributed by atoms with van der Waals surface area (Å²) in [5.74, 6) is 0.531. The molecule has 0 fully saturated rings. The van der Waals surface area contributed by atoms with Gasteiger partial charge in [0.2, 0.25) is 0 Å². The molecule has 176 valence electrons. The van der Waals surface area contributed by atoms with E-state index in [1.165, 1.54) is 38.6 Å². The van der Waals surface area contributed by atoms with Crippen molar-refractivity contribution < 1.29 is 20.1 Å². The molecule has 4 nitrogen and oxygen atoms in total. The van der Waals surface area contributed by atoms with Gasteiger partial charge in [0.05, 0.1) is 0 Å². The standard InChI is InChI=1S/C17H18N2.C12H7N2S.Ir/c1-13(2)14-7-6-8-15(11-14)19-12-18(3)16-9-4-5-10-17(16)19;1-2-6-11-10(5-1)12(14-15-11)9-4-3-7-13-8-9;/h4-7,9-13H,1-3H3;1-7H;/q-2;-1;+3. The largest absolute Gasteiger partial charge is 3.00 e. The molecule has 3 heterocycles. The van der Waals surface area contributed by atoms with E-state index in [0.29, 0.717) is 5.92 Å². The monoisotopic (exact) mass is 654 g/mol. The predicted octanol–water partition coefficient (Wildman–Crippen LogP) is 7.47. The van der Waals surface area contributed by atoms with Crippen LogP contribution in [-0.2, 0) is 20.1 Å². The molecule has 0 amide bonds. The Morgan fingerprint density at radius 1 is 0.943 bits per heavy atom. The summed E-state index contributed by atoms with van der Waals surface area (Å²) in [6.45, 7) is 6.54. The zero-order valence-electron chi connectivity index (χ0n) is 19.8. The molecule has 0 N–H and O–H groups in total. The van der Waals surface area contributed by atoms with Gasteiger partial charge in [0, 0.05) is 21.8 Å². The number of hydrogen-bond acceptors (Lipinski definition) is 5. The molecule has 1 aliphatic heterocycles. The molecule has 0 unspecified atom stereocenters. The molecule has 6 rings (SSSR count). The molecule has 2 aromatic heterocycles. The van der Waals surface area contributed by atoms with E-state index in [1.54, 1.807) is 6.20 Å². The third-order valence-electron chi connectivity index (χ3n) is 5.79. The second kappa shape index (κ2) is 11.1. The molecule has 0 atom stereocenters. The van der Waals surface area contributed by atoms with Crippen molar-refractivity contribution in [2.45, 2.75) is 19.8 Å². The average molecular weight is 654 g/mol. The van der Waals surface area contributed by atoms with Gasteiger partial charge in [-0.15, -0.1) is 29.4 Å². The van der Waals surface area contributed by atoms with Crippen LogP contribution in [0.2, 0.25) is 0 Å². The first kappa shape index (κ1) is 25.1. The van der Waals surface area contributed by atoms with Crippen molar-refractivity contribution >= 4 is 38.7 Å². The van der Waals surface area contributed by atoms with Crippen molar-refractivity contribution in [3.63, 3.8) is 0 Å². The van der Waals surface area contributed by atoms with Gasteiger partial charge in [-0.3, -0.25) is 0 Å². The van der Waals surface area contributed by atoms with E-state index >= 15 is 0 Å². The van der Waals surface area contributed by atoms with Gasteiger partial charge in [-0.1, -0.05) is 50.4 Å². The van der Waals surface area contributed by atoms with E-state index in [-0.39, 0.29) is 20.1 Å². The van der Waals surface area contributed by atoms with Crippen molar-refractivity contribution in [3.8, 4) is 11.3 Å². The molecule has 6 heteroatoms. The molecule has 1 aliphatic rings. The Balaban J connectivity index is 0.000000164. The SMILES string of the molecule is CC(C)c1cc[c-]c(N2[CH-]N(C)c3ccccc32)c1.[Ir+3].[c-]1ncccc1-c1nsc2ccccc12. The Labute approximate surface area is 224 Å². The van der Waals surface area contributed by atoms with E-state index in [0.717, 1.165) is 16.9 Å². The maximum Gasteiger partial charge on any atom is 3.00 e. The summed E-state index contributed by atoms with van der Waals surface area (Å²) >= 11 is 1.51. The summed E-state index contributed by atoms with van der Waals surface area (Å²) in [6.07, 6.45) is 4.68. The van der Waals surface area contributed by atoms with Crippen LogP contribution in [0.4, 0.5) is 17.1 Å². The molecule has 0 radical (unpaired) electrons. The summed E-state index contributed by atoms with van der Waals surface area (Å²) < 4.78 is 5.63. The van der Waals surface area contributed by atoms with Crippen LogP contribution in [0, 0.1) is 18.9 Å². The molecule has 0 saturated carbocycles. The molecule has 0 aliphatic carbocycles. The number of nitrogens with zero attached hydrogens (tertiary/aromatic N) is 4. The van der Waals surface area contributed by atoms with Crippen LogP contribution in [0.1, 0.15) is 25.3 Å². The van der Waals surface area contributed by atoms with Gasteiger partial charge in [0.25, 0.3) is 0 Å². The van der Waals surface area contributed by atoms with Crippen molar-refractivity contribution in [1.29, 1.82) is 0 Å². The Morgan fingerprint density at radius 2 is 1.71 bits per heavy atom. The topological polar surface area (TPSA) is 32.3 Å². The number of aromatic nitrogens is 2. The molecular formula is C29H25IrN4S. The van der Waals surface area contributed by atoms with Gasteiger partial charge in [-0.2, -0.15) is 30.4 Å². The van der Waals surface area contributed by atoms with E-state index in [9.17, 15) is 0 Å². The van der Waals surface area contributed by atoms with Crippen molar-refractivity contribution in [2.24, 2.45) is 0 Å². The molecule has 35 heavy (non-hydrogen) atoms. The van der Waals surface area contributed by atoms with Gasteiger partial charge in [0.1, 0.15) is 0 Å². The molecule has 0 saturated heterocycles. The molecule has 0 spiro atoms.